The van der Waals surface area contributed by atoms with Gasteiger partial charge in [-0.2, -0.15) is 13.2 Å². The molecule has 0 aliphatic carbocycles. The van der Waals surface area contributed by atoms with Crippen LogP contribution in [0.2, 0.25) is 0 Å². The normalized spacial score (nSPS) is 15.2. The van der Waals surface area contributed by atoms with Crippen LogP contribution in [-0.4, -0.2) is 53.5 Å². The lowest BCUT2D eigenvalue weighted by Gasteiger charge is -2.22. The fourth-order valence-corrected chi connectivity index (χ4v) is 4.36. The first-order valence-corrected chi connectivity index (χ1v) is 11.7. The average Bonchev–Trinajstić information content (AvgIpc) is 3.27. The van der Waals surface area contributed by atoms with Crippen molar-refractivity contribution in [1.82, 2.24) is 25.5 Å². The van der Waals surface area contributed by atoms with Crippen LogP contribution >= 0.6 is 0 Å². The van der Waals surface area contributed by atoms with Crippen molar-refractivity contribution in [3.8, 4) is 0 Å². The number of amides is 1. The van der Waals surface area contributed by atoms with Gasteiger partial charge in [0.1, 0.15) is 0 Å². The van der Waals surface area contributed by atoms with E-state index in [1.807, 2.05) is 13.0 Å². The summed E-state index contributed by atoms with van der Waals surface area (Å²) in [5.41, 5.74) is 3.04. The quantitative estimate of drug-likeness (QED) is 0.456. The maximum atomic E-state index is 12.7. The summed E-state index contributed by atoms with van der Waals surface area (Å²) in [6, 6.07) is 11.3. The molecule has 9 heteroatoms. The number of halogens is 3. The maximum Gasteiger partial charge on any atom is 0.416 e. The first kappa shape index (κ1) is 24.2. The molecular formula is C25H30F3N5O. The molecule has 0 unspecified atom stereocenters. The van der Waals surface area contributed by atoms with E-state index in [2.05, 4.69) is 37.6 Å². The Balaban J connectivity index is 1.30. The molecule has 0 spiro atoms. The van der Waals surface area contributed by atoms with Gasteiger partial charge in [-0.1, -0.05) is 25.1 Å². The molecule has 4 rings (SSSR count). The second-order valence-corrected chi connectivity index (χ2v) is 8.71. The number of carbonyl (C=O) groups excluding carboxylic acids is 1. The Morgan fingerprint density at radius 3 is 2.56 bits per heavy atom. The monoisotopic (exact) mass is 473 g/mol. The zero-order chi connectivity index (χ0) is 24.1. The number of aromatic nitrogens is 2. The van der Waals surface area contributed by atoms with Gasteiger partial charge >= 0.3 is 6.18 Å². The third kappa shape index (κ3) is 5.95. The summed E-state index contributed by atoms with van der Waals surface area (Å²) in [4.78, 5) is 22.3. The van der Waals surface area contributed by atoms with Gasteiger partial charge in [0.15, 0.2) is 5.82 Å². The van der Waals surface area contributed by atoms with Gasteiger partial charge in [-0.15, -0.1) is 0 Å². The fourth-order valence-electron chi connectivity index (χ4n) is 4.36. The summed E-state index contributed by atoms with van der Waals surface area (Å²) >= 11 is 0. The summed E-state index contributed by atoms with van der Waals surface area (Å²) in [5, 5.41) is 6.26. The lowest BCUT2D eigenvalue weighted by molar-refractivity contribution is -0.137. The number of rotatable bonds is 8. The number of H-pyrrole nitrogens is 1. The number of hydrogen-bond acceptors (Lipinski definition) is 4. The minimum atomic E-state index is -4.33. The van der Waals surface area contributed by atoms with Gasteiger partial charge in [0.25, 0.3) is 5.91 Å². The number of nitrogens with zero attached hydrogens (tertiary/aromatic N) is 2. The molecule has 1 aromatic heterocycles. The molecule has 3 aromatic rings. The van der Waals surface area contributed by atoms with Crippen LogP contribution in [0.5, 0.6) is 0 Å². The van der Waals surface area contributed by atoms with E-state index in [-0.39, 0.29) is 11.7 Å². The Morgan fingerprint density at radius 2 is 1.88 bits per heavy atom. The Kier molecular flexibility index (Phi) is 7.53. The van der Waals surface area contributed by atoms with Crippen LogP contribution in [0.3, 0.4) is 0 Å². The van der Waals surface area contributed by atoms with Crippen LogP contribution in [0.4, 0.5) is 13.2 Å². The van der Waals surface area contributed by atoms with Crippen LogP contribution in [0.25, 0.3) is 11.0 Å². The molecular weight excluding hydrogens is 443 g/mol. The van der Waals surface area contributed by atoms with Crippen molar-refractivity contribution >= 4 is 16.9 Å². The molecule has 34 heavy (non-hydrogen) atoms. The van der Waals surface area contributed by atoms with E-state index < -0.39 is 11.7 Å². The standard InChI is InChI=1S/C25H30F3N5O/c1-2-33(16-17-3-6-20(7-4-17)25(26,27)28)14-13-30-24(34)23-31-21-8-5-19(15-22(21)32-23)18-9-11-29-12-10-18/h3-8,15,18,29H,2,9-14,16H2,1H3,(H,30,34)(H,31,32). The van der Waals surface area contributed by atoms with E-state index >= 15 is 0 Å². The lowest BCUT2D eigenvalue weighted by atomic mass is 9.90. The van der Waals surface area contributed by atoms with Crippen LogP contribution in [0.1, 0.15) is 53.0 Å². The third-order valence-electron chi connectivity index (χ3n) is 6.38. The molecule has 1 aliphatic heterocycles. The molecule has 1 amide bonds. The number of hydrogen-bond donors (Lipinski definition) is 3. The highest BCUT2D eigenvalue weighted by Crippen LogP contribution is 2.29. The molecule has 2 heterocycles. The average molecular weight is 474 g/mol. The Hall–Kier alpha value is -2.91. The van der Waals surface area contributed by atoms with Gasteiger partial charge in [-0.05, 0) is 73.8 Å². The largest absolute Gasteiger partial charge is 0.416 e. The van der Waals surface area contributed by atoms with E-state index in [4.69, 9.17) is 0 Å². The molecule has 182 valence electrons. The molecule has 2 aromatic carbocycles. The van der Waals surface area contributed by atoms with Gasteiger partial charge in [0, 0.05) is 19.6 Å². The number of alkyl halides is 3. The second kappa shape index (κ2) is 10.6. The van der Waals surface area contributed by atoms with Crippen molar-refractivity contribution in [2.75, 3.05) is 32.7 Å². The van der Waals surface area contributed by atoms with Crippen molar-refractivity contribution < 1.29 is 18.0 Å². The van der Waals surface area contributed by atoms with Gasteiger partial charge in [0.05, 0.1) is 16.6 Å². The van der Waals surface area contributed by atoms with E-state index in [0.29, 0.717) is 32.1 Å². The van der Waals surface area contributed by atoms with E-state index in [1.165, 1.54) is 17.7 Å². The minimum absolute atomic E-state index is 0.273. The molecule has 1 saturated heterocycles. The Bertz CT molecular complexity index is 1100. The van der Waals surface area contributed by atoms with E-state index in [1.54, 1.807) is 0 Å². The highest BCUT2D eigenvalue weighted by Gasteiger charge is 2.30. The maximum absolute atomic E-state index is 12.7. The van der Waals surface area contributed by atoms with Crippen LogP contribution in [0.15, 0.2) is 42.5 Å². The van der Waals surface area contributed by atoms with Gasteiger partial charge < -0.3 is 15.6 Å². The minimum Gasteiger partial charge on any atom is -0.348 e. The number of carbonyl (C=O) groups is 1. The number of fused-ring (bicyclic) bond motifs is 1. The number of nitrogens with one attached hydrogen (secondary N) is 3. The van der Waals surface area contributed by atoms with Crippen molar-refractivity contribution in [1.29, 1.82) is 0 Å². The number of imidazole rings is 1. The van der Waals surface area contributed by atoms with Crippen LogP contribution < -0.4 is 10.6 Å². The lowest BCUT2D eigenvalue weighted by Crippen LogP contribution is -2.35. The second-order valence-electron chi connectivity index (χ2n) is 8.71. The summed E-state index contributed by atoms with van der Waals surface area (Å²) in [6.45, 7) is 6.22. The van der Waals surface area contributed by atoms with Gasteiger partial charge in [0.2, 0.25) is 0 Å². The van der Waals surface area contributed by atoms with Crippen molar-refractivity contribution in [3.63, 3.8) is 0 Å². The highest BCUT2D eigenvalue weighted by molar-refractivity contribution is 5.94. The van der Waals surface area contributed by atoms with E-state index in [0.717, 1.165) is 54.7 Å². The molecule has 0 saturated carbocycles. The highest BCUT2D eigenvalue weighted by atomic mass is 19.4. The van der Waals surface area contributed by atoms with Crippen LogP contribution in [0, 0.1) is 0 Å². The third-order valence-corrected chi connectivity index (χ3v) is 6.38. The first-order valence-electron chi connectivity index (χ1n) is 11.7. The zero-order valence-corrected chi connectivity index (χ0v) is 19.2. The van der Waals surface area contributed by atoms with Crippen molar-refractivity contribution in [2.45, 2.75) is 38.4 Å². The molecule has 0 bridgehead atoms. The first-order chi connectivity index (χ1) is 16.3. The van der Waals surface area contributed by atoms with Crippen molar-refractivity contribution in [2.24, 2.45) is 0 Å². The summed E-state index contributed by atoms with van der Waals surface area (Å²) in [5.74, 6) is 0.532. The predicted molar refractivity (Wildman–Crippen MR) is 126 cm³/mol. The predicted octanol–water partition coefficient (Wildman–Crippen LogP) is 4.30. The fraction of sp³-hybridized carbons (Fsp3) is 0.440. The molecule has 1 aliphatic rings. The Labute approximate surface area is 196 Å². The smallest absolute Gasteiger partial charge is 0.348 e. The topological polar surface area (TPSA) is 73.1 Å². The van der Waals surface area contributed by atoms with Crippen molar-refractivity contribution in [3.05, 3.63) is 65.0 Å². The Morgan fingerprint density at radius 1 is 1.15 bits per heavy atom. The van der Waals surface area contributed by atoms with Gasteiger partial charge in [-0.25, -0.2) is 4.98 Å². The summed E-state index contributed by atoms with van der Waals surface area (Å²) in [6.07, 6.45) is -2.13. The van der Waals surface area contributed by atoms with Gasteiger partial charge in [-0.3, -0.25) is 9.69 Å². The zero-order valence-electron chi connectivity index (χ0n) is 19.2. The number of likely N-dealkylation sites (N-methyl/N-ethyl adjacent to an activating group) is 1. The summed E-state index contributed by atoms with van der Waals surface area (Å²) < 4.78 is 38.2. The number of piperidine rings is 1. The van der Waals surface area contributed by atoms with E-state index in [9.17, 15) is 18.0 Å². The summed E-state index contributed by atoms with van der Waals surface area (Å²) in [7, 11) is 0. The molecule has 0 atom stereocenters. The molecule has 1 fully saturated rings. The van der Waals surface area contributed by atoms with Crippen LogP contribution in [-0.2, 0) is 12.7 Å². The molecule has 3 N–H and O–H groups in total. The molecule has 6 nitrogen and oxygen atoms in total. The SMILES string of the molecule is CCN(CCNC(=O)c1nc2ccc(C3CCNCC3)cc2[nH]1)Cc1ccc(C(F)(F)F)cc1. The number of aromatic amines is 1. The number of benzene rings is 2. The molecule has 0 radical (unpaired) electrons.